The second-order valence-corrected chi connectivity index (χ2v) is 4.37. The maximum atomic E-state index is 10.5. The van der Waals surface area contributed by atoms with Crippen LogP contribution in [0.3, 0.4) is 0 Å². The van der Waals surface area contributed by atoms with Crippen LogP contribution in [0.2, 0.25) is 0 Å². The van der Waals surface area contributed by atoms with Gasteiger partial charge in [0.05, 0.1) is 6.26 Å². The summed E-state index contributed by atoms with van der Waals surface area (Å²) in [6.45, 7) is 1.79. The summed E-state index contributed by atoms with van der Waals surface area (Å²) in [4.78, 5) is 0. The molecule has 0 aliphatic rings. The van der Waals surface area contributed by atoms with Crippen LogP contribution in [0.1, 0.15) is 6.92 Å². The van der Waals surface area contributed by atoms with Crippen molar-refractivity contribution in [1.29, 1.82) is 0 Å². The van der Waals surface area contributed by atoms with Crippen molar-refractivity contribution in [3.63, 3.8) is 0 Å². The summed E-state index contributed by atoms with van der Waals surface area (Å²) in [5.74, 6) is 0. The third kappa shape index (κ3) is 6.27. The number of halogens is 1. The van der Waals surface area contributed by atoms with Gasteiger partial charge in [-0.1, -0.05) is 15.9 Å². The normalized spacial score (nSPS) is 15.4. The van der Waals surface area contributed by atoms with Crippen LogP contribution in [-0.4, -0.2) is 26.0 Å². The molecule has 56 valence electrons. The summed E-state index contributed by atoms with van der Waals surface area (Å²) in [7, 11) is -3.02. The lowest BCUT2D eigenvalue weighted by Crippen LogP contribution is -2.32. The van der Waals surface area contributed by atoms with E-state index < -0.39 is 10.0 Å². The van der Waals surface area contributed by atoms with E-state index >= 15 is 0 Å². The molecular formula is C4H10BrNO2S. The van der Waals surface area contributed by atoms with Gasteiger partial charge in [0.1, 0.15) is 0 Å². The second kappa shape index (κ2) is 3.53. The molecule has 0 amide bonds. The lowest BCUT2D eigenvalue weighted by molar-refractivity contribution is 0.577. The molecule has 0 rings (SSSR count). The van der Waals surface area contributed by atoms with Crippen molar-refractivity contribution in [2.75, 3.05) is 11.6 Å². The topological polar surface area (TPSA) is 46.2 Å². The summed E-state index contributed by atoms with van der Waals surface area (Å²) in [5, 5.41) is 0.639. The van der Waals surface area contributed by atoms with Crippen molar-refractivity contribution in [2.45, 2.75) is 13.0 Å². The first-order valence-corrected chi connectivity index (χ1v) is 5.50. The Kier molecular flexibility index (Phi) is 3.68. The minimum Gasteiger partial charge on any atom is -0.213 e. The molecule has 3 nitrogen and oxygen atoms in total. The van der Waals surface area contributed by atoms with Crippen LogP contribution in [0, 0.1) is 0 Å². The van der Waals surface area contributed by atoms with E-state index in [4.69, 9.17) is 0 Å². The molecule has 0 saturated heterocycles. The summed E-state index contributed by atoms with van der Waals surface area (Å²) in [6.07, 6.45) is 1.14. The van der Waals surface area contributed by atoms with Crippen molar-refractivity contribution in [3.8, 4) is 0 Å². The molecule has 0 aromatic rings. The first-order chi connectivity index (χ1) is 3.95. The standard InChI is InChI=1S/C4H10BrNO2S/c1-4(3-5)6-9(2,7)8/h4,6H,3H2,1-2H3. The zero-order chi connectivity index (χ0) is 7.49. The SMILES string of the molecule is CC(CBr)NS(C)(=O)=O. The van der Waals surface area contributed by atoms with Crippen molar-refractivity contribution < 1.29 is 8.42 Å². The fraction of sp³-hybridized carbons (Fsp3) is 1.00. The molecule has 1 atom stereocenters. The zero-order valence-corrected chi connectivity index (χ0v) is 7.79. The van der Waals surface area contributed by atoms with E-state index in [1.165, 1.54) is 0 Å². The number of rotatable bonds is 3. The number of nitrogens with one attached hydrogen (secondary N) is 1. The molecule has 0 aromatic carbocycles. The van der Waals surface area contributed by atoms with E-state index in [0.29, 0.717) is 5.33 Å². The Morgan fingerprint density at radius 1 is 1.67 bits per heavy atom. The molecule has 0 radical (unpaired) electrons. The molecule has 0 aliphatic carbocycles. The van der Waals surface area contributed by atoms with Gasteiger partial charge in [-0.25, -0.2) is 13.1 Å². The summed E-state index contributed by atoms with van der Waals surface area (Å²) in [6, 6.07) is -0.0278. The van der Waals surface area contributed by atoms with Crippen molar-refractivity contribution >= 4 is 26.0 Å². The van der Waals surface area contributed by atoms with Gasteiger partial charge in [0.2, 0.25) is 10.0 Å². The molecule has 0 bridgehead atoms. The fourth-order valence-electron chi connectivity index (χ4n) is 0.397. The smallest absolute Gasteiger partial charge is 0.208 e. The summed E-state index contributed by atoms with van der Waals surface area (Å²) >= 11 is 3.14. The largest absolute Gasteiger partial charge is 0.213 e. The van der Waals surface area contributed by atoms with Gasteiger partial charge < -0.3 is 0 Å². The van der Waals surface area contributed by atoms with Crippen molar-refractivity contribution in [3.05, 3.63) is 0 Å². The van der Waals surface area contributed by atoms with Crippen LogP contribution in [0.25, 0.3) is 0 Å². The van der Waals surface area contributed by atoms with E-state index in [2.05, 4.69) is 20.7 Å². The molecule has 0 saturated carbocycles. The molecule has 1 unspecified atom stereocenters. The predicted molar refractivity (Wildman–Crippen MR) is 41.2 cm³/mol. The Hall–Kier alpha value is 0.390. The average Bonchev–Trinajstić information content (AvgIpc) is 1.62. The minimum atomic E-state index is -3.02. The van der Waals surface area contributed by atoms with Crippen LogP contribution in [-0.2, 0) is 10.0 Å². The highest BCUT2D eigenvalue weighted by Gasteiger charge is 2.05. The van der Waals surface area contributed by atoms with Gasteiger partial charge in [0.25, 0.3) is 0 Å². The number of sulfonamides is 1. The summed E-state index contributed by atoms with van der Waals surface area (Å²) < 4.78 is 23.3. The van der Waals surface area contributed by atoms with Crippen LogP contribution in [0.4, 0.5) is 0 Å². The Balaban J connectivity index is 3.75. The van der Waals surface area contributed by atoms with Crippen molar-refractivity contribution in [1.82, 2.24) is 4.72 Å². The molecule has 1 N–H and O–H groups in total. The molecule has 0 heterocycles. The first-order valence-electron chi connectivity index (χ1n) is 2.49. The second-order valence-electron chi connectivity index (χ2n) is 1.95. The highest BCUT2D eigenvalue weighted by molar-refractivity contribution is 9.09. The molecule has 5 heteroatoms. The first kappa shape index (κ1) is 9.39. The zero-order valence-electron chi connectivity index (χ0n) is 5.39. The highest BCUT2D eigenvalue weighted by Crippen LogP contribution is 1.89. The van der Waals surface area contributed by atoms with Crippen LogP contribution in [0.15, 0.2) is 0 Å². The van der Waals surface area contributed by atoms with E-state index in [-0.39, 0.29) is 6.04 Å². The van der Waals surface area contributed by atoms with Crippen LogP contribution >= 0.6 is 15.9 Å². The maximum Gasteiger partial charge on any atom is 0.208 e. The Morgan fingerprint density at radius 3 is 2.22 bits per heavy atom. The summed E-state index contributed by atoms with van der Waals surface area (Å²) in [5.41, 5.74) is 0. The highest BCUT2D eigenvalue weighted by atomic mass is 79.9. The number of hydrogen-bond acceptors (Lipinski definition) is 2. The lowest BCUT2D eigenvalue weighted by Gasteiger charge is -2.06. The quantitative estimate of drug-likeness (QED) is 0.690. The molecule has 0 aliphatic heterocycles. The Labute approximate surface area is 64.0 Å². The van der Waals surface area contributed by atoms with Crippen LogP contribution in [0.5, 0.6) is 0 Å². The van der Waals surface area contributed by atoms with E-state index in [0.717, 1.165) is 6.26 Å². The average molecular weight is 216 g/mol. The lowest BCUT2D eigenvalue weighted by atomic mass is 10.4. The maximum absolute atomic E-state index is 10.5. The van der Waals surface area contributed by atoms with E-state index in [9.17, 15) is 8.42 Å². The Morgan fingerprint density at radius 2 is 2.11 bits per heavy atom. The van der Waals surface area contributed by atoms with E-state index in [1.807, 2.05) is 0 Å². The van der Waals surface area contributed by atoms with Gasteiger partial charge in [-0.2, -0.15) is 0 Å². The molecule has 0 spiro atoms. The Bertz CT molecular complexity index is 165. The third-order valence-corrected chi connectivity index (χ3v) is 2.45. The number of hydrogen-bond donors (Lipinski definition) is 1. The molecule has 9 heavy (non-hydrogen) atoms. The predicted octanol–water partition coefficient (Wildman–Crippen LogP) is 0.319. The third-order valence-electron chi connectivity index (χ3n) is 0.647. The monoisotopic (exact) mass is 215 g/mol. The molecular weight excluding hydrogens is 206 g/mol. The van der Waals surface area contributed by atoms with Gasteiger partial charge in [-0.3, -0.25) is 0 Å². The van der Waals surface area contributed by atoms with E-state index in [1.54, 1.807) is 6.92 Å². The fourth-order valence-corrected chi connectivity index (χ4v) is 1.59. The molecule has 0 aromatic heterocycles. The van der Waals surface area contributed by atoms with Crippen LogP contribution < -0.4 is 4.72 Å². The van der Waals surface area contributed by atoms with Gasteiger partial charge in [0, 0.05) is 11.4 Å². The van der Waals surface area contributed by atoms with Gasteiger partial charge >= 0.3 is 0 Å². The van der Waals surface area contributed by atoms with Crippen molar-refractivity contribution in [2.24, 2.45) is 0 Å². The minimum absolute atomic E-state index is 0.0278. The van der Waals surface area contributed by atoms with Gasteiger partial charge in [0.15, 0.2) is 0 Å². The number of alkyl halides is 1. The van der Waals surface area contributed by atoms with Gasteiger partial charge in [-0.15, -0.1) is 0 Å². The van der Waals surface area contributed by atoms with Gasteiger partial charge in [-0.05, 0) is 6.92 Å². The molecule has 0 fully saturated rings.